The minimum atomic E-state index is -1.88. The molecule has 3 atom stereocenters. The van der Waals surface area contributed by atoms with Crippen molar-refractivity contribution < 1.29 is 24.1 Å². The van der Waals surface area contributed by atoms with Gasteiger partial charge in [0.25, 0.3) is 0 Å². The molecule has 2 aliphatic heterocycles. The van der Waals surface area contributed by atoms with Crippen LogP contribution in [0.15, 0.2) is 91.0 Å². The Hall–Kier alpha value is -2.54. The summed E-state index contributed by atoms with van der Waals surface area (Å²) in [6, 6.07) is 28.7. The summed E-state index contributed by atoms with van der Waals surface area (Å²) >= 11 is 0. The third-order valence-electron chi connectivity index (χ3n) is 6.55. The summed E-state index contributed by atoms with van der Waals surface area (Å²) in [6.45, 7) is 3.30. The monoisotopic (exact) mass is 446 g/mol. The van der Waals surface area contributed by atoms with Crippen LogP contribution in [0, 0.1) is 0 Å². The van der Waals surface area contributed by atoms with Crippen LogP contribution in [0.25, 0.3) is 0 Å². The largest absolute Gasteiger partial charge is 0.374 e. The van der Waals surface area contributed by atoms with E-state index in [1.165, 1.54) is 0 Å². The van der Waals surface area contributed by atoms with E-state index in [2.05, 4.69) is 0 Å². The minimum Gasteiger partial charge on any atom is -0.374 e. The highest BCUT2D eigenvalue weighted by molar-refractivity contribution is 5.39. The second-order valence-electron chi connectivity index (χ2n) is 8.66. The quantitative estimate of drug-likeness (QED) is 0.608. The van der Waals surface area contributed by atoms with Gasteiger partial charge >= 0.3 is 0 Å². The summed E-state index contributed by atoms with van der Waals surface area (Å²) in [6.07, 6.45) is 1.31. The lowest BCUT2D eigenvalue weighted by molar-refractivity contribution is -0.463. The maximum absolute atomic E-state index is 13.2. The molecule has 2 aliphatic rings. The van der Waals surface area contributed by atoms with Gasteiger partial charge < -0.3 is 24.1 Å². The van der Waals surface area contributed by atoms with E-state index < -0.39 is 17.2 Å². The fourth-order valence-electron chi connectivity index (χ4n) is 5.00. The molecule has 0 aromatic heterocycles. The highest BCUT2D eigenvalue weighted by atomic mass is 16.8. The van der Waals surface area contributed by atoms with Gasteiger partial charge in [0.05, 0.1) is 25.9 Å². The van der Waals surface area contributed by atoms with Crippen molar-refractivity contribution in [3.8, 4) is 0 Å². The number of hydrogen-bond donors (Lipinski definition) is 1. The molecule has 5 heteroatoms. The van der Waals surface area contributed by atoms with Gasteiger partial charge in [0.2, 0.25) is 17.2 Å². The lowest BCUT2D eigenvalue weighted by Crippen LogP contribution is -2.68. The molecule has 0 aliphatic carbocycles. The first kappa shape index (κ1) is 22.3. The van der Waals surface area contributed by atoms with E-state index in [4.69, 9.17) is 18.9 Å². The molecule has 3 aromatic rings. The van der Waals surface area contributed by atoms with Gasteiger partial charge in [-0.15, -0.1) is 0 Å². The van der Waals surface area contributed by atoms with Crippen LogP contribution in [0.4, 0.5) is 0 Å². The van der Waals surface area contributed by atoms with Crippen molar-refractivity contribution in [1.29, 1.82) is 0 Å². The lowest BCUT2D eigenvalue weighted by Gasteiger charge is -2.57. The summed E-state index contributed by atoms with van der Waals surface area (Å²) < 4.78 is 26.1. The minimum absolute atomic E-state index is 0.148. The number of benzene rings is 3. The summed E-state index contributed by atoms with van der Waals surface area (Å²) in [5.41, 5.74) is 0.125. The summed E-state index contributed by atoms with van der Waals surface area (Å²) in [4.78, 5) is 0. The SMILES string of the molecule is CC1CCOC(c2ccccc2)(C(O)(c2ccccc2)C2(c3ccccc3)OCCCO2)O1. The molecule has 5 nitrogen and oxygen atoms in total. The van der Waals surface area contributed by atoms with Crippen LogP contribution in [0.2, 0.25) is 0 Å². The Kier molecular flexibility index (Phi) is 6.08. The van der Waals surface area contributed by atoms with Crippen LogP contribution in [-0.2, 0) is 36.1 Å². The summed E-state index contributed by atoms with van der Waals surface area (Å²) in [5.74, 6) is -3.12. The zero-order valence-corrected chi connectivity index (χ0v) is 18.9. The molecule has 2 fully saturated rings. The van der Waals surface area contributed by atoms with Crippen molar-refractivity contribution in [3.05, 3.63) is 108 Å². The summed E-state index contributed by atoms with van der Waals surface area (Å²) in [5, 5.41) is 13.2. The van der Waals surface area contributed by atoms with Crippen LogP contribution in [0.1, 0.15) is 36.5 Å². The van der Waals surface area contributed by atoms with E-state index >= 15 is 0 Å². The van der Waals surface area contributed by atoms with Gasteiger partial charge in [-0.1, -0.05) is 91.0 Å². The zero-order chi connectivity index (χ0) is 22.8. The molecule has 2 heterocycles. The molecule has 3 unspecified atom stereocenters. The zero-order valence-electron chi connectivity index (χ0n) is 18.9. The van der Waals surface area contributed by atoms with Crippen LogP contribution >= 0.6 is 0 Å². The standard InChI is InChI=1S/C28H30O5/c1-22-18-21-32-28(33-22,25-16-9-4-10-17-25)26(29,23-12-5-2-6-13-23)27(30-19-11-20-31-27)24-14-7-3-8-15-24/h2-10,12-17,22,29H,11,18-21H2,1H3. The van der Waals surface area contributed by atoms with Gasteiger partial charge in [-0.25, -0.2) is 0 Å². The third-order valence-corrected chi connectivity index (χ3v) is 6.55. The predicted octanol–water partition coefficient (Wildman–Crippen LogP) is 4.84. The van der Waals surface area contributed by atoms with E-state index in [1.54, 1.807) is 0 Å². The topological polar surface area (TPSA) is 57.2 Å². The molecule has 0 radical (unpaired) electrons. The molecule has 0 saturated carbocycles. The Balaban J connectivity index is 1.85. The number of ether oxygens (including phenoxy) is 4. The van der Waals surface area contributed by atoms with Crippen molar-refractivity contribution in [3.63, 3.8) is 0 Å². The van der Waals surface area contributed by atoms with Gasteiger partial charge in [-0.05, 0) is 25.3 Å². The van der Waals surface area contributed by atoms with Crippen molar-refractivity contribution in [2.24, 2.45) is 0 Å². The molecule has 5 rings (SSSR count). The molecule has 0 bridgehead atoms. The van der Waals surface area contributed by atoms with E-state index in [9.17, 15) is 5.11 Å². The van der Waals surface area contributed by atoms with Gasteiger partial charge in [0, 0.05) is 11.1 Å². The lowest BCUT2D eigenvalue weighted by atomic mass is 9.71. The Bertz CT molecular complexity index is 1040. The predicted molar refractivity (Wildman–Crippen MR) is 124 cm³/mol. The first-order chi connectivity index (χ1) is 16.1. The van der Waals surface area contributed by atoms with E-state index in [0.29, 0.717) is 36.5 Å². The van der Waals surface area contributed by atoms with Gasteiger partial charge in [-0.2, -0.15) is 0 Å². The van der Waals surface area contributed by atoms with Gasteiger partial charge in [0.1, 0.15) is 0 Å². The molecular weight excluding hydrogens is 416 g/mol. The second kappa shape index (κ2) is 9.01. The molecule has 33 heavy (non-hydrogen) atoms. The maximum Gasteiger partial charge on any atom is 0.235 e. The van der Waals surface area contributed by atoms with Gasteiger partial charge in [0.15, 0.2) is 0 Å². The highest BCUT2D eigenvalue weighted by Crippen LogP contribution is 2.58. The van der Waals surface area contributed by atoms with Crippen LogP contribution < -0.4 is 0 Å². The molecule has 2 saturated heterocycles. The molecule has 3 aromatic carbocycles. The van der Waals surface area contributed by atoms with Crippen molar-refractivity contribution in [1.82, 2.24) is 0 Å². The Morgan fingerprint density at radius 1 is 0.697 bits per heavy atom. The van der Waals surface area contributed by atoms with Crippen LogP contribution in [0.5, 0.6) is 0 Å². The van der Waals surface area contributed by atoms with Crippen molar-refractivity contribution in [2.75, 3.05) is 19.8 Å². The van der Waals surface area contributed by atoms with E-state index in [1.807, 2.05) is 97.9 Å². The average molecular weight is 447 g/mol. The maximum atomic E-state index is 13.2. The fourth-order valence-corrected chi connectivity index (χ4v) is 5.00. The van der Waals surface area contributed by atoms with Crippen molar-refractivity contribution >= 4 is 0 Å². The first-order valence-corrected chi connectivity index (χ1v) is 11.6. The Morgan fingerprint density at radius 2 is 1.18 bits per heavy atom. The number of rotatable bonds is 5. The molecule has 0 amide bonds. The Morgan fingerprint density at radius 3 is 1.73 bits per heavy atom. The normalized spacial score (nSPS) is 26.9. The highest BCUT2D eigenvalue weighted by Gasteiger charge is 2.71. The number of aliphatic hydroxyl groups is 1. The number of hydrogen-bond acceptors (Lipinski definition) is 5. The third kappa shape index (κ3) is 3.52. The van der Waals surface area contributed by atoms with Crippen LogP contribution in [-0.4, -0.2) is 31.0 Å². The molecular formula is C28H30O5. The first-order valence-electron chi connectivity index (χ1n) is 11.6. The smallest absolute Gasteiger partial charge is 0.235 e. The molecule has 0 spiro atoms. The van der Waals surface area contributed by atoms with E-state index in [-0.39, 0.29) is 6.10 Å². The van der Waals surface area contributed by atoms with Gasteiger partial charge in [-0.3, -0.25) is 0 Å². The summed E-state index contributed by atoms with van der Waals surface area (Å²) in [7, 11) is 0. The van der Waals surface area contributed by atoms with Crippen molar-refractivity contribution in [2.45, 2.75) is 43.0 Å². The van der Waals surface area contributed by atoms with Crippen LogP contribution in [0.3, 0.4) is 0 Å². The van der Waals surface area contributed by atoms with E-state index in [0.717, 1.165) is 12.8 Å². The average Bonchev–Trinajstić information content (AvgIpc) is 2.90. The fraction of sp³-hybridized carbons (Fsp3) is 0.357. The Labute approximate surface area is 194 Å². The molecule has 1 N–H and O–H groups in total. The molecule has 172 valence electrons. The second-order valence-corrected chi connectivity index (χ2v) is 8.66.